The number of hydrogen-bond acceptors (Lipinski definition) is 2. The largest absolute Gasteiger partial charge is 0.384 e. The minimum absolute atomic E-state index is 0.403. The van der Waals surface area contributed by atoms with Crippen LogP contribution in [0.5, 0.6) is 0 Å². The first-order chi connectivity index (χ1) is 51.7. The van der Waals surface area contributed by atoms with Crippen molar-refractivity contribution in [2.75, 3.05) is 9.80 Å². The third-order valence-electron chi connectivity index (χ3n) is 21.2. The van der Waals surface area contributed by atoms with Crippen LogP contribution in [-0.2, 0) is 10.8 Å². The van der Waals surface area contributed by atoms with Gasteiger partial charge in [-0.2, -0.15) is 176 Å². The van der Waals surface area contributed by atoms with E-state index >= 15 is 228 Å². The van der Waals surface area contributed by atoms with Crippen LogP contribution in [0.25, 0.3) is 11.1 Å². The summed E-state index contributed by atoms with van der Waals surface area (Å²) in [4.78, 5) is -3.18. The summed E-state index contributed by atoms with van der Waals surface area (Å²) in [5.74, 6) is -218. The number of hydrogen-bond donors (Lipinski definition) is 0. The summed E-state index contributed by atoms with van der Waals surface area (Å²) in [5, 5.41) is 0. The van der Waals surface area contributed by atoms with E-state index in [0.29, 0.717) is 0 Å². The van der Waals surface area contributed by atoms with Gasteiger partial charge in [0.25, 0.3) is 22.7 Å². The molecule has 0 unspecified atom stereocenters. The number of benzene rings is 6. The smallest absolute Gasteiger partial charge is 0.304 e. The summed E-state index contributed by atoms with van der Waals surface area (Å²) in [7, 11) is 0. The SMILES string of the molecule is Fc1c(F)c(N2c3ccccc3C(C3(F)C(F)(F)C(F)(F)C(F)(F)C(F)(F)C3(F)F)(C3(F)C(F)(F)C(F)(F)C(F)(F)C(F)(F)C3(F)F)c3ccccc32)c(F)c(F)c1-c1c(F)c(F)c(N2c3ccccc3C(C3(F)C(F)(F)C(F)(F)C(F)(F)C(F)(F)C3(F)F)(C3(F)C(F)(F)C(F)(F)C(F)(F)C(F)(F)C3(F)F)c3ccccc32)c(F)c1F. The maximum atomic E-state index is 18.7. The van der Waals surface area contributed by atoms with Crippen LogP contribution in [0.15, 0.2) is 97.1 Å². The van der Waals surface area contributed by atoms with Gasteiger partial charge in [-0.05, 0) is 46.5 Å². The first-order valence-corrected chi connectivity index (χ1v) is 29.7. The second-order valence-electron chi connectivity index (χ2n) is 26.3. The topological polar surface area (TPSA) is 6.48 Å². The molecule has 2 nitrogen and oxygen atoms in total. The molecule has 116 heavy (non-hydrogen) atoms. The van der Waals surface area contributed by atoms with Crippen molar-refractivity contribution >= 4 is 34.1 Å². The Morgan fingerprint density at radius 2 is 0.276 bits per heavy atom. The first kappa shape index (κ1) is 86.6. The third kappa shape index (κ3) is 7.63. The Bertz CT molecular complexity index is 4440. The van der Waals surface area contributed by atoms with Gasteiger partial charge >= 0.3 is 118 Å². The summed E-state index contributed by atoms with van der Waals surface area (Å²) in [6.07, 6.45) is 0. The highest BCUT2D eigenvalue weighted by Crippen LogP contribution is 2.87. The number of nitrogens with zero attached hydrogens (tertiary/aromatic N) is 2. The van der Waals surface area contributed by atoms with Crippen LogP contribution in [0.1, 0.15) is 22.3 Å². The third-order valence-corrected chi connectivity index (χ3v) is 21.2. The highest BCUT2D eigenvalue weighted by molar-refractivity contribution is 5.92. The molecule has 0 N–H and O–H groups in total. The number of alkyl halides is 44. The molecular formula is C62H16F52N2. The summed E-state index contributed by atoms with van der Waals surface area (Å²) >= 11 is 0. The second kappa shape index (κ2) is 22.4. The van der Waals surface area contributed by atoms with Crippen LogP contribution in [0.4, 0.5) is 262 Å². The van der Waals surface area contributed by atoms with E-state index in [4.69, 9.17) is 0 Å². The van der Waals surface area contributed by atoms with Crippen molar-refractivity contribution in [1.29, 1.82) is 0 Å². The Hall–Kier alpha value is -8.72. The molecule has 4 aliphatic carbocycles. The highest BCUT2D eigenvalue weighted by Gasteiger charge is 3.15. The molecule has 2 aliphatic heterocycles. The van der Waals surface area contributed by atoms with Crippen LogP contribution >= 0.6 is 0 Å². The average molecular weight is 1780 g/mol. The number of halogens is 52. The van der Waals surface area contributed by atoms with Gasteiger partial charge in [0.05, 0.1) is 33.9 Å². The van der Waals surface area contributed by atoms with Gasteiger partial charge in [0.15, 0.2) is 46.5 Å². The highest BCUT2D eigenvalue weighted by atomic mass is 19.4. The molecule has 0 atom stereocenters. The maximum Gasteiger partial charge on any atom is 0.384 e. The van der Waals surface area contributed by atoms with Crippen molar-refractivity contribution in [2.45, 2.75) is 152 Å². The summed E-state index contributed by atoms with van der Waals surface area (Å²) in [6.45, 7) is 0. The van der Waals surface area contributed by atoms with Gasteiger partial charge in [0, 0.05) is 0 Å². The number of para-hydroxylation sites is 4. The average Bonchev–Trinajstić information content (AvgIpc) is 0.617. The van der Waals surface area contributed by atoms with Crippen LogP contribution in [0.2, 0.25) is 0 Å². The standard InChI is InChI=1S/C62H16F52N2/c63-27-25(28(64)32(68)35(31(27)67)115-21-13-5-1-9-17(21)37(18-10-2-6-14-22(18)115,39(71)43(75,76)51(91,92)59(107,108)52(93,94)44(39,77)78)40(72)45(79,80)53(95,96)60(109,110)54(97,98)46(40,81)82)26-29(65)33(69)36(34(70)30(26)66)116-23-15-7-3-11-19(23)38(20-12-4-8-16-24(20)116,41(73)47(83,84)55(99,100)61(111,112)56(101,102)48(41,85)86)42(74)49(87,88)57(103,104)62(113,114)58(105,106)50(42,89)90/h1-16H. The normalized spacial score (nSPS) is 27.7. The van der Waals surface area contributed by atoms with Gasteiger partial charge in [-0.15, -0.1) is 0 Å². The fraction of sp³-hybridized carbons (Fsp3) is 0.419. The lowest BCUT2D eigenvalue weighted by atomic mass is 9.43. The Morgan fingerprint density at radius 3 is 0.414 bits per heavy atom. The van der Waals surface area contributed by atoms with Crippen molar-refractivity contribution in [3.8, 4) is 11.1 Å². The Kier molecular flexibility index (Phi) is 16.7. The Morgan fingerprint density at radius 1 is 0.155 bits per heavy atom. The van der Waals surface area contributed by atoms with Crippen molar-refractivity contribution in [2.24, 2.45) is 0 Å². The van der Waals surface area contributed by atoms with E-state index in [0.717, 1.165) is 0 Å². The molecule has 6 aromatic carbocycles. The fourth-order valence-electron chi connectivity index (χ4n) is 15.8. The zero-order valence-electron chi connectivity index (χ0n) is 52.8. The lowest BCUT2D eigenvalue weighted by molar-refractivity contribution is -0.523. The molecule has 0 saturated heterocycles. The van der Waals surface area contributed by atoms with Gasteiger partial charge in [-0.3, -0.25) is 0 Å². The second-order valence-corrected chi connectivity index (χ2v) is 26.3. The van der Waals surface area contributed by atoms with Crippen molar-refractivity contribution in [3.05, 3.63) is 166 Å². The van der Waals surface area contributed by atoms with Crippen molar-refractivity contribution < 1.29 is 228 Å². The quantitative estimate of drug-likeness (QED) is 0.116. The fourth-order valence-corrected chi connectivity index (χ4v) is 15.8. The summed E-state index contributed by atoms with van der Waals surface area (Å²) < 4.78 is 854. The molecule has 6 aromatic rings. The van der Waals surface area contributed by atoms with Crippen LogP contribution in [0, 0.1) is 46.5 Å². The number of fused-ring (bicyclic) bond motifs is 4. The van der Waals surface area contributed by atoms with E-state index in [2.05, 4.69) is 0 Å². The van der Waals surface area contributed by atoms with Crippen LogP contribution in [0.3, 0.4) is 0 Å². The Balaban J connectivity index is 1.17. The molecule has 4 fully saturated rings. The minimum Gasteiger partial charge on any atom is -0.304 e. The molecule has 0 spiro atoms. The lowest BCUT2D eigenvalue weighted by Crippen LogP contribution is -2.95. The summed E-state index contributed by atoms with van der Waals surface area (Å²) in [5.41, 5.74) is -100. The van der Waals surface area contributed by atoms with E-state index in [-0.39, 0.29) is 0 Å². The van der Waals surface area contributed by atoms with Gasteiger partial charge in [0.2, 0.25) is 0 Å². The van der Waals surface area contributed by atoms with Gasteiger partial charge in [-0.25, -0.2) is 52.7 Å². The van der Waals surface area contributed by atoms with E-state index in [9.17, 15) is 0 Å². The van der Waals surface area contributed by atoms with Gasteiger partial charge in [-0.1, -0.05) is 72.8 Å². The van der Waals surface area contributed by atoms with Gasteiger partial charge in [0.1, 0.15) is 22.2 Å². The van der Waals surface area contributed by atoms with E-state index < -0.39 is 373 Å². The molecule has 0 radical (unpaired) electrons. The van der Waals surface area contributed by atoms with Crippen LogP contribution in [-0.4, -0.2) is 141 Å². The number of anilines is 6. The van der Waals surface area contributed by atoms with Gasteiger partial charge < -0.3 is 9.80 Å². The van der Waals surface area contributed by atoms with E-state index in [1.807, 2.05) is 0 Å². The molecule has 4 saturated carbocycles. The lowest BCUT2D eigenvalue weighted by Gasteiger charge is -2.66. The minimum atomic E-state index is -9.62. The maximum absolute atomic E-state index is 18.7. The first-order valence-electron chi connectivity index (χ1n) is 29.7. The molecule has 2 heterocycles. The molecule has 0 bridgehead atoms. The molecule has 54 heteroatoms. The molecule has 638 valence electrons. The van der Waals surface area contributed by atoms with Crippen molar-refractivity contribution in [1.82, 2.24) is 0 Å². The molecule has 12 rings (SSSR count). The molecule has 0 amide bonds. The predicted octanol–water partition coefficient (Wildman–Crippen LogP) is 24.2. The molecule has 6 aliphatic rings. The van der Waals surface area contributed by atoms with E-state index in [1.54, 1.807) is 0 Å². The zero-order valence-corrected chi connectivity index (χ0v) is 52.8. The summed E-state index contributed by atoms with van der Waals surface area (Å²) in [6, 6.07) is -14.2. The zero-order chi connectivity index (χ0) is 89.0. The van der Waals surface area contributed by atoms with Crippen LogP contribution < -0.4 is 9.80 Å². The number of rotatable bonds is 7. The predicted molar refractivity (Wildman–Crippen MR) is 277 cm³/mol. The Labute approximate surface area is 600 Å². The monoisotopic (exact) mass is 1780 g/mol. The van der Waals surface area contributed by atoms with Crippen molar-refractivity contribution in [3.63, 3.8) is 0 Å². The molecular weight excluding hydrogens is 1760 g/mol. The van der Waals surface area contributed by atoms with E-state index in [1.165, 1.54) is 0 Å². The molecule has 0 aromatic heterocycles.